The molecule has 6 heteroatoms. The summed E-state index contributed by atoms with van der Waals surface area (Å²) in [6.07, 6.45) is 0. The van der Waals surface area contributed by atoms with Gasteiger partial charge in [0.25, 0.3) is 0 Å². The molecule has 1 unspecified atom stereocenters. The van der Waals surface area contributed by atoms with Crippen LogP contribution in [0.2, 0.25) is 0 Å². The van der Waals surface area contributed by atoms with Crippen molar-refractivity contribution in [3.8, 4) is 6.07 Å². The summed E-state index contributed by atoms with van der Waals surface area (Å²) < 4.78 is 29.3. The van der Waals surface area contributed by atoms with Gasteiger partial charge in [0.15, 0.2) is 15.1 Å². The molecule has 0 spiro atoms. The van der Waals surface area contributed by atoms with E-state index in [2.05, 4.69) is 0 Å². The van der Waals surface area contributed by atoms with Crippen molar-refractivity contribution < 1.29 is 17.9 Å². The maximum absolute atomic E-state index is 12.2. The first kappa shape index (κ1) is 17.2. The molecule has 0 radical (unpaired) electrons. The number of nitrogens with zero attached hydrogens (tertiary/aromatic N) is 1. The van der Waals surface area contributed by atoms with Crippen molar-refractivity contribution in [2.24, 2.45) is 5.92 Å². The quantitative estimate of drug-likeness (QED) is 0.751. The molecule has 0 aliphatic heterocycles. The second kappa shape index (κ2) is 7.23. The first-order chi connectivity index (χ1) is 9.76. The average Bonchev–Trinajstić information content (AvgIpc) is 2.44. The van der Waals surface area contributed by atoms with E-state index < -0.39 is 21.1 Å². The zero-order valence-corrected chi connectivity index (χ0v) is 13.2. The summed E-state index contributed by atoms with van der Waals surface area (Å²) in [5.41, 5.74) is 0.998. The molecule has 0 heterocycles. The molecular formula is C15H19NO4S. The molecule has 114 valence electrons. The topological polar surface area (TPSA) is 84.2 Å². The SMILES string of the molecule is CC(C)COC(=O)C(C)S(=O)(=O)Cc1ccc(C#N)cc1. The molecule has 1 atom stereocenters. The van der Waals surface area contributed by atoms with E-state index in [-0.39, 0.29) is 18.3 Å². The summed E-state index contributed by atoms with van der Waals surface area (Å²) in [7, 11) is -3.64. The van der Waals surface area contributed by atoms with Gasteiger partial charge >= 0.3 is 5.97 Å². The molecule has 0 fully saturated rings. The van der Waals surface area contributed by atoms with E-state index in [0.717, 1.165) is 0 Å². The van der Waals surface area contributed by atoms with Crippen LogP contribution >= 0.6 is 0 Å². The molecule has 0 amide bonds. The van der Waals surface area contributed by atoms with Gasteiger partial charge in [0, 0.05) is 0 Å². The van der Waals surface area contributed by atoms with Crippen molar-refractivity contribution in [3.05, 3.63) is 35.4 Å². The van der Waals surface area contributed by atoms with E-state index in [1.54, 1.807) is 24.3 Å². The van der Waals surface area contributed by atoms with Crippen LogP contribution in [0.1, 0.15) is 31.9 Å². The van der Waals surface area contributed by atoms with Crippen LogP contribution in [0.15, 0.2) is 24.3 Å². The van der Waals surface area contributed by atoms with Crippen molar-refractivity contribution in [1.82, 2.24) is 0 Å². The number of nitriles is 1. The lowest BCUT2D eigenvalue weighted by molar-refractivity contribution is -0.143. The summed E-state index contributed by atoms with van der Waals surface area (Å²) in [6, 6.07) is 8.20. The van der Waals surface area contributed by atoms with Gasteiger partial charge in [-0.05, 0) is 30.5 Å². The van der Waals surface area contributed by atoms with Crippen molar-refractivity contribution >= 4 is 15.8 Å². The van der Waals surface area contributed by atoms with E-state index in [1.807, 2.05) is 19.9 Å². The maximum atomic E-state index is 12.2. The largest absolute Gasteiger partial charge is 0.464 e. The van der Waals surface area contributed by atoms with Crippen molar-refractivity contribution in [1.29, 1.82) is 5.26 Å². The molecule has 21 heavy (non-hydrogen) atoms. The molecule has 1 rings (SSSR count). The molecular weight excluding hydrogens is 290 g/mol. The smallest absolute Gasteiger partial charge is 0.324 e. The molecule has 0 saturated heterocycles. The molecule has 5 nitrogen and oxygen atoms in total. The first-order valence-electron chi connectivity index (χ1n) is 6.63. The standard InChI is InChI=1S/C15H19NO4S/c1-11(2)9-20-15(17)12(3)21(18,19)10-14-6-4-13(8-16)5-7-14/h4-7,11-12H,9-10H2,1-3H3. The van der Waals surface area contributed by atoms with E-state index in [0.29, 0.717) is 11.1 Å². The zero-order chi connectivity index (χ0) is 16.0. The van der Waals surface area contributed by atoms with Gasteiger partial charge in [-0.15, -0.1) is 0 Å². The average molecular weight is 309 g/mol. The second-order valence-corrected chi connectivity index (χ2v) is 7.60. The third kappa shape index (κ3) is 5.20. The monoisotopic (exact) mass is 309 g/mol. The van der Waals surface area contributed by atoms with Gasteiger partial charge in [-0.3, -0.25) is 4.79 Å². The van der Waals surface area contributed by atoms with E-state index in [9.17, 15) is 13.2 Å². The van der Waals surface area contributed by atoms with Crippen LogP contribution < -0.4 is 0 Å². The molecule has 1 aromatic rings. The Morgan fingerprint density at radius 1 is 1.24 bits per heavy atom. The highest BCUT2D eigenvalue weighted by Gasteiger charge is 2.29. The van der Waals surface area contributed by atoms with Crippen molar-refractivity contribution in [2.75, 3.05) is 6.61 Å². The summed E-state index contributed by atoms with van der Waals surface area (Å²) >= 11 is 0. The third-order valence-corrected chi connectivity index (χ3v) is 4.89. The number of hydrogen-bond donors (Lipinski definition) is 0. The highest BCUT2D eigenvalue weighted by atomic mass is 32.2. The van der Waals surface area contributed by atoms with Crippen LogP contribution in [-0.2, 0) is 25.1 Å². The van der Waals surface area contributed by atoms with Gasteiger partial charge in [-0.1, -0.05) is 26.0 Å². The highest BCUT2D eigenvalue weighted by Crippen LogP contribution is 2.14. The Balaban J connectivity index is 2.75. The van der Waals surface area contributed by atoms with Gasteiger partial charge < -0.3 is 4.74 Å². The Labute approximate surface area is 125 Å². The minimum absolute atomic E-state index is 0.155. The minimum Gasteiger partial charge on any atom is -0.464 e. The van der Waals surface area contributed by atoms with Gasteiger partial charge in [0.1, 0.15) is 0 Å². The fraction of sp³-hybridized carbons (Fsp3) is 0.467. The Morgan fingerprint density at radius 3 is 2.29 bits per heavy atom. The molecule has 0 N–H and O–H groups in total. The van der Waals surface area contributed by atoms with E-state index in [1.165, 1.54) is 6.92 Å². The lowest BCUT2D eigenvalue weighted by Crippen LogP contribution is -2.31. The van der Waals surface area contributed by atoms with Gasteiger partial charge in [-0.25, -0.2) is 8.42 Å². The molecule has 0 aliphatic carbocycles. The van der Waals surface area contributed by atoms with Crippen LogP contribution in [0.25, 0.3) is 0 Å². The van der Waals surface area contributed by atoms with Crippen LogP contribution in [0.3, 0.4) is 0 Å². The Morgan fingerprint density at radius 2 is 1.81 bits per heavy atom. The summed E-state index contributed by atoms with van der Waals surface area (Å²) in [4.78, 5) is 11.7. The number of carbonyl (C=O) groups excluding carboxylic acids is 1. The molecule has 1 aromatic carbocycles. The van der Waals surface area contributed by atoms with Crippen molar-refractivity contribution in [3.63, 3.8) is 0 Å². The molecule has 0 aromatic heterocycles. The number of sulfone groups is 1. The lowest BCUT2D eigenvalue weighted by Gasteiger charge is -2.13. The summed E-state index contributed by atoms with van der Waals surface area (Å²) in [5.74, 6) is -0.823. The third-order valence-electron chi connectivity index (χ3n) is 2.88. The van der Waals surface area contributed by atoms with Gasteiger partial charge in [0.2, 0.25) is 0 Å². The van der Waals surface area contributed by atoms with E-state index in [4.69, 9.17) is 10.00 Å². The lowest BCUT2D eigenvalue weighted by atomic mass is 10.2. The summed E-state index contributed by atoms with van der Waals surface area (Å²) in [5, 5.41) is 7.49. The number of hydrogen-bond acceptors (Lipinski definition) is 5. The van der Waals surface area contributed by atoms with Gasteiger partial charge in [-0.2, -0.15) is 5.26 Å². The second-order valence-electron chi connectivity index (χ2n) is 5.28. The van der Waals surface area contributed by atoms with Crippen molar-refractivity contribution in [2.45, 2.75) is 31.8 Å². The Kier molecular flexibility index (Phi) is 5.91. The fourth-order valence-electron chi connectivity index (χ4n) is 1.55. The van der Waals surface area contributed by atoms with Crippen LogP contribution in [-0.4, -0.2) is 26.2 Å². The number of benzene rings is 1. The Hall–Kier alpha value is -1.87. The van der Waals surface area contributed by atoms with Crippen LogP contribution in [0.5, 0.6) is 0 Å². The number of esters is 1. The molecule has 0 bridgehead atoms. The number of carbonyl (C=O) groups is 1. The summed E-state index contributed by atoms with van der Waals surface area (Å²) in [6.45, 7) is 5.30. The Bertz CT molecular complexity index is 627. The molecule has 0 saturated carbocycles. The zero-order valence-electron chi connectivity index (χ0n) is 12.4. The predicted molar refractivity (Wildman–Crippen MR) is 79.0 cm³/mol. The molecule has 0 aliphatic rings. The normalized spacial score (nSPS) is 12.7. The first-order valence-corrected chi connectivity index (χ1v) is 8.35. The maximum Gasteiger partial charge on any atom is 0.324 e. The number of rotatable bonds is 6. The van der Waals surface area contributed by atoms with E-state index >= 15 is 0 Å². The number of ether oxygens (including phenoxy) is 1. The minimum atomic E-state index is -3.64. The predicted octanol–water partition coefficient (Wildman–Crippen LogP) is 2.06. The van der Waals surface area contributed by atoms with Crippen LogP contribution in [0.4, 0.5) is 0 Å². The van der Waals surface area contributed by atoms with Gasteiger partial charge in [0.05, 0.1) is 24.0 Å². The highest BCUT2D eigenvalue weighted by molar-refractivity contribution is 7.92. The fourth-order valence-corrected chi connectivity index (χ4v) is 2.81. The van der Waals surface area contributed by atoms with Crippen LogP contribution in [0, 0.1) is 17.2 Å².